The van der Waals surface area contributed by atoms with E-state index in [1.165, 1.54) is 11.1 Å². The van der Waals surface area contributed by atoms with Crippen molar-refractivity contribution in [3.05, 3.63) is 71.8 Å². The van der Waals surface area contributed by atoms with Crippen molar-refractivity contribution in [3.8, 4) is 0 Å². The summed E-state index contributed by atoms with van der Waals surface area (Å²) < 4.78 is 10.8. The Morgan fingerprint density at radius 3 is 2.33 bits per heavy atom. The van der Waals surface area contributed by atoms with E-state index in [-0.39, 0.29) is 5.92 Å². The summed E-state index contributed by atoms with van der Waals surface area (Å²) in [4.78, 5) is 7.44. The Bertz CT molecular complexity index is 712. The molecule has 162 valence electrons. The van der Waals surface area contributed by atoms with Gasteiger partial charge in [0.05, 0.1) is 26.4 Å². The molecule has 1 N–H and O–H groups in total. The molecule has 0 bridgehead atoms. The molecule has 3 rings (SSSR count). The van der Waals surface area contributed by atoms with Crippen molar-refractivity contribution >= 4 is 5.96 Å². The van der Waals surface area contributed by atoms with Crippen molar-refractivity contribution in [2.75, 3.05) is 53.1 Å². The number of hydrogen-bond donors (Lipinski definition) is 1. The minimum absolute atomic E-state index is 0.247. The molecule has 2 aromatic carbocycles. The van der Waals surface area contributed by atoms with Crippen LogP contribution in [0.2, 0.25) is 0 Å². The van der Waals surface area contributed by atoms with Gasteiger partial charge in [-0.2, -0.15) is 0 Å². The average Bonchev–Trinajstić information content (AvgIpc) is 3.26. The van der Waals surface area contributed by atoms with Gasteiger partial charge in [-0.3, -0.25) is 4.99 Å². The molecule has 1 fully saturated rings. The van der Waals surface area contributed by atoms with Crippen molar-refractivity contribution in [2.24, 2.45) is 10.9 Å². The topological polar surface area (TPSA) is 46.1 Å². The predicted octanol–water partition coefficient (Wildman–Crippen LogP) is 3.77. The fraction of sp³-hybridized carbons (Fsp3) is 0.480. The number of nitrogens with zero attached hydrogens (tertiary/aromatic N) is 2. The number of nitrogens with one attached hydrogen (secondary N) is 1. The van der Waals surface area contributed by atoms with Crippen LogP contribution in [0.4, 0.5) is 0 Å². The van der Waals surface area contributed by atoms with E-state index in [2.05, 4.69) is 77.8 Å². The Balaban J connectivity index is 1.68. The molecule has 1 unspecified atom stereocenters. The molecule has 1 aliphatic heterocycles. The Labute approximate surface area is 181 Å². The van der Waals surface area contributed by atoms with E-state index in [0.29, 0.717) is 19.1 Å². The summed E-state index contributed by atoms with van der Waals surface area (Å²) in [6, 6.07) is 21.3. The maximum absolute atomic E-state index is 5.75. The van der Waals surface area contributed by atoms with Gasteiger partial charge in [-0.1, -0.05) is 60.7 Å². The highest BCUT2D eigenvalue weighted by molar-refractivity contribution is 5.80. The van der Waals surface area contributed by atoms with Gasteiger partial charge in [-0.05, 0) is 24.5 Å². The molecule has 2 aromatic rings. The van der Waals surface area contributed by atoms with Crippen molar-refractivity contribution < 1.29 is 9.47 Å². The molecule has 0 spiro atoms. The van der Waals surface area contributed by atoms with Crippen LogP contribution >= 0.6 is 0 Å². The van der Waals surface area contributed by atoms with Gasteiger partial charge in [0, 0.05) is 38.6 Å². The van der Waals surface area contributed by atoms with Gasteiger partial charge in [0.25, 0.3) is 0 Å². The van der Waals surface area contributed by atoms with Gasteiger partial charge in [0.1, 0.15) is 0 Å². The molecule has 0 saturated carbocycles. The lowest BCUT2D eigenvalue weighted by Gasteiger charge is -2.23. The van der Waals surface area contributed by atoms with Gasteiger partial charge in [0.15, 0.2) is 5.96 Å². The third-order valence-corrected chi connectivity index (χ3v) is 5.53. The van der Waals surface area contributed by atoms with E-state index < -0.39 is 0 Å². The molecule has 5 heteroatoms. The second-order valence-electron chi connectivity index (χ2n) is 7.74. The van der Waals surface area contributed by atoms with Crippen LogP contribution in [0.15, 0.2) is 65.7 Å². The summed E-state index contributed by atoms with van der Waals surface area (Å²) in [6.07, 6.45) is 1.14. The number of ether oxygens (including phenoxy) is 2. The van der Waals surface area contributed by atoms with Gasteiger partial charge in [-0.15, -0.1) is 0 Å². The second-order valence-corrected chi connectivity index (χ2v) is 7.74. The van der Waals surface area contributed by atoms with Gasteiger partial charge in [-0.25, -0.2) is 0 Å². The maximum Gasteiger partial charge on any atom is 0.193 e. The summed E-state index contributed by atoms with van der Waals surface area (Å²) >= 11 is 0. The first-order chi connectivity index (χ1) is 14.8. The van der Waals surface area contributed by atoms with Crippen LogP contribution in [0.5, 0.6) is 0 Å². The summed E-state index contributed by atoms with van der Waals surface area (Å²) in [5.74, 6) is 1.80. The Hall–Kier alpha value is -2.37. The fourth-order valence-electron chi connectivity index (χ4n) is 3.93. The molecule has 0 aliphatic carbocycles. The van der Waals surface area contributed by atoms with Crippen LogP contribution in [-0.2, 0) is 9.47 Å². The van der Waals surface area contributed by atoms with Gasteiger partial charge < -0.3 is 19.7 Å². The van der Waals surface area contributed by atoms with Crippen LogP contribution in [0.3, 0.4) is 0 Å². The number of aliphatic imine (C=N–C) groups is 1. The molecular weight excluding hydrogens is 374 g/mol. The Morgan fingerprint density at radius 1 is 1.07 bits per heavy atom. The third kappa shape index (κ3) is 6.57. The summed E-state index contributed by atoms with van der Waals surface area (Å²) in [7, 11) is 1.71. The molecule has 0 amide bonds. The van der Waals surface area contributed by atoms with E-state index in [4.69, 9.17) is 14.5 Å². The molecular formula is C25H35N3O2. The molecule has 0 aromatic heterocycles. The van der Waals surface area contributed by atoms with E-state index in [0.717, 1.165) is 45.2 Å². The molecule has 5 nitrogen and oxygen atoms in total. The van der Waals surface area contributed by atoms with Crippen LogP contribution < -0.4 is 5.32 Å². The smallest absolute Gasteiger partial charge is 0.193 e. The standard InChI is InChI=1S/C25H35N3O2/c1-3-26-25(28-15-14-21(19-28)20-30-17-16-29-2)27-18-24(22-10-6-4-7-11-22)23-12-8-5-9-13-23/h4-13,21,24H,3,14-20H2,1-2H3,(H,26,27). The molecule has 1 aliphatic rings. The number of likely N-dealkylation sites (tertiary alicyclic amines) is 1. The zero-order chi connectivity index (χ0) is 21.0. The van der Waals surface area contributed by atoms with Crippen LogP contribution in [0.25, 0.3) is 0 Å². The van der Waals surface area contributed by atoms with Gasteiger partial charge >= 0.3 is 0 Å². The van der Waals surface area contributed by atoms with Crippen LogP contribution in [-0.4, -0.2) is 64.0 Å². The largest absolute Gasteiger partial charge is 0.382 e. The summed E-state index contributed by atoms with van der Waals surface area (Å²) in [5.41, 5.74) is 2.60. The van der Waals surface area contributed by atoms with E-state index in [1.807, 2.05) is 0 Å². The van der Waals surface area contributed by atoms with Crippen molar-refractivity contribution in [3.63, 3.8) is 0 Å². The van der Waals surface area contributed by atoms with E-state index >= 15 is 0 Å². The van der Waals surface area contributed by atoms with E-state index in [9.17, 15) is 0 Å². The summed E-state index contributed by atoms with van der Waals surface area (Å²) in [5, 5.41) is 3.49. The molecule has 1 atom stereocenters. The molecule has 1 saturated heterocycles. The first-order valence-electron chi connectivity index (χ1n) is 11.0. The molecule has 30 heavy (non-hydrogen) atoms. The zero-order valence-electron chi connectivity index (χ0n) is 18.3. The lowest BCUT2D eigenvalue weighted by atomic mass is 9.91. The van der Waals surface area contributed by atoms with Crippen molar-refractivity contribution in [1.82, 2.24) is 10.2 Å². The van der Waals surface area contributed by atoms with Gasteiger partial charge in [0.2, 0.25) is 0 Å². The number of benzene rings is 2. The number of rotatable bonds is 10. The minimum Gasteiger partial charge on any atom is -0.382 e. The van der Waals surface area contributed by atoms with E-state index in [1.54, 1.807) is 7.11 Å². The number of guanidine groups is 1. The second kappa shape index (κ2) is 12.4. The number of hydrogen-bond acceptors (Lipinski definition) is 3. The molecule has 1 heterocycles. The van der Waals surface area contributed by atoms with Crippen molar-refractivity contribution in [2.45, 2.75) is 19.3 Å². The van der Waals surface area contributed by atoms with Crippen LogP contribution in [0.1, 0.15) is 30.4 Å². The maximum atomic E-state index is 5.75. The zero-order valence-corrected chi connectivity index (χ0v) is 18.3. The number of methoxy groups -OCH3 is 1. The third-order valence-electron chi connectivity index (χ3n) is 5.53. The minimum atomic E-state index is 0.247. The quantitative estimate of drug-likeness (QED) is 0.369. The predicted molar refractivity (Wildman–Crippen MR) is 123 cm³/mol. The SMILES string of the molecule is CCNC(=NCC(c1ccccc1)c1ccccc1)N1CCC(COCCOC)C1. The highest BCUT2D eigenvalue weighted by Gasteiger charge is 2.25. The normalized spacial score (nSPS) is 17.0. The Kier molecular flexibility index (Phi) is 9.19. The monoisotopic (exact) mass is 409 g/mol. The highest BCUT2D eigenvalue weighted by Crippen LogP contribution is 2.25. The first-order valence-corrected chi connectivity index (χ1v) is 11.0. The van der Waals surface area contributed by atoms with Crippen LogP contribution in [0, 0.1) is 5.92 Å². The summed E-state index contributed by atoms with van der Waals surface area (Å²) in [6.45, 7) is 7.83. The molecule has 0 radical (unpaired) electrons. The fourth-order valence-corrected chi connectivity index (χ4v) is 3.93. The first kappa shape index (κ1) is 22.3. The average molecular weight is 410 g/mol. The Morgan fingerprint density at radius 2 is 1.73 bits per heavy atom. The lowest BCUT2D eigenvalue weighted by Crippen LogP contribution is -2.40. The lowest BCUT2D eigenvalue weighted by molar-refractivity contribution is 0.0536. The highest BCUT2D eigenvalue weighted by atomic mass is 16.5. The van der Waals surface area contributed by atoms with Crippen molar-refractivity contribution in [1.29, 1.82) is 0 Å².